The summed E-state index contributed by atoms with van der Waals surface area (Å²) in [5, 5.41) is 15.5. The molecular weight excluding hydrogens is 384 g/mol. The maximum atomic E-state index is 13.5. The van der Waals surface area contributed by atoms with Gasteiger partial charge < -0.3 is 5.11 Å². The number of aromatic nitrogens is 4. The number of rotatable bonds is 5. The van der Waals surface area contributed by atoms with Crippen LogP contribution in [0.3, 0.4) is 0 Å². The van der Waals surface area contributed by atoms with Crippen LogP contribution in [0.2, 0.25) is 0 Å². The fraction of sp³-hybridized carbons (Fsp3) is 0.429. The Morgan fingerprint density at radius 3 is 2.50 bits per heavy atom. The SMILES string of the molecule is CC1=NN(CCCO)c2nc3c(c(=O)n(Cc4ccc(C)cc4)c(=O)n3C)n2[C@@H]1C. The minimum atomic E-state index is -0.407. The molecule has 30 heavy (non-hydrogen) atoms. The van der Waals surface area contributed by atoms with Crippen LogP contribution in [0.25, 0.3) is 11.2 Å². The minimum Gasteiger partial charge on any atom is -0.396 e. The van der Waals surface area contributed by atoms with Gasteiger partial charge in [0.15, 0.2) is 11.2 Å². The lowest BCUT2D eigenvalue weighted by atomic mass is 10.1. The summed E-state index contributed by atoms with van der Waals surface area (Å²) in [5.41, 5.74) is 2.78. The number of aliphatic hydroxyl groups is 1. The monoisotopic (exact) mass is 410 g/mol. The first-order valence-electron chi connectivity index (χ1n) is 10.0. The molecule has 0 saturated carbocycles. The number of imidazole rings is 1. The van der Waals surface area contributed by atoms with E-state index in [1.165, 1.54) is 9.13 Å². The van der Waals surface area contributed by atoms with Gasteiger partial charge in [0, 0.05) is 20.2 Å². The van der Waals surface area contributed by atoms with E-state index >= 15 is 0 Å². The van der Waals surface area contributed by atoms with Crippen molar-refractivity contribution in [1.29, 1.82) is 0 Å². The van der Waals surface area contributed by atoms with E-state index in [4.69, 9.17) is 0 Å². The van der Waals surface area contributed by atoms with Crippen LogP contribution in [0.5, 0.6) is 0 Å². The van der Waals surface area contributed by atoms with Gasteiger partial charge in [-0.05, 0) is 32.8 Å². The number of aliphatic hydroxyl groups excluding tert-OH is 1. The van der Waals surface area contributed by atoms with Crippen LogP contribution >= 0.6 is 0 Å². The van der Waals surface area contributed by atoms with Crippen molar-refractivity contribution in [1.82, 2.24) is 18.7 Å². The van der Waals surface area contributed by atoms with Gasteiger partial charge in [0.25, 0.3) is 5.56 Å². The number of anilines is 1. The Bertz CT molecular complexity index is 1250. The van der Waals surface area contributed by atoms with Crippen molar-refractivity contribution in [3.63, 3.8) is 0 Å². The summed E-state index contributed by atoms with van der Waals surface area (Å²) in [4.78, 5) is 31.1. The Morgan fingerprint density at radius 1 is 1.13 bits per heavy atom. The van der Waals surface area contributed by atoms with Gasteiger partial charge in [0.2, 0.25) is 5.95 Å². The molecule has 0 amide bonds. The predicted octanol–water partition coefficient (Wildman–Crippen LogP) is 1.39. The molecule has 1 aliphatic rings. The average molecular weight is 410 g/mol. The highest BCUT2D eigenvalue weighted by atomic mass is 16.3. The molecule has 9 heteroatoms. The summed E-state index contributed by atoms with van der Waals surface area (Å²) in [6, 6.07) is 7.60. The second-order valence-electron chi connectivity index (χ2n) is 7.79. The van der Waals surface area contributed by atoms with Crippen molar-refractivity contribution >= 4 is 22.8 Å². The number of hydrogen-bond acceptors (Lipinski definition) is 6. The van der Waals surface area contributed by atoms with E-state index in [-0.39, 0.29) is 24.8 Å². The van der Waals surface area contributed by atoms with Gasteiger partial charge in [0.05, 0.1) is 18.3 Å². The predicted molar refractivity (Wildman–Crippen MR) is 116 cm³/mol. The Labute approximate surface area is 173 Å². The Kier molecular flexibility index (Phi) is 5.07. The highest BCUT2D eigenvalue weighted by molar-refractivity contribution is 5.91. The summed E-state index contributed by atoms with van der Waals surface area (Å²) in [6.45, 7) is 6.54. The molecular formula is C21H26N6O3. The summed E-state index contributed by atoms with van der Waals surface area (Å²) >= 11 is 0. The Hall–Kier alpha value is -3.20. The largest absolute Gasteiger partial charge is 0.396 e. The van der Waals surface area contributed by atoms with E-state index in [9.17, 15) is 14.7 Å². The molecule has 3 aromatic rings. The highest BCUT2D eigenvalue weighted by Crippen LogP contribution is 2.29. The molecule has 1 atom stereocenters. The number of fused-ring (bicyclic) bond motifs is 3. The number of hydrazone groups is 1. The van der Waals surface area contributed by atoms with Crippen molar-refractivity contribution < 1.29 is 5.11 Å². The second-order valence-corrected chi connectivity index (χ2v) is 7.79. The molecule has 9 nitrogen and oxygen atoms in total. The molecule has 0 spiro atoms. The molecule has 0 aliphatic carbocycles. The average Bonchev–Trinajstić information content (AvgIpc) is 3.14. The van der Waals surface area contributed by atoms with Crippen molar-refractivity contribution in [3.05, 3.63) is 56.2 Å². The van der Waals surface area contributed by atoms with Crippen LogP contribution in [0.1, 0.15) is 37.4 Å². The molecule has 1 aromatic carbocycles. The first-order valence-corrected chi connectivity index (χ1v) is 10.0. The van der Waals surface area contributed by atoms with Gasteiger partial charge in [-0.15, -0.1) is 0 Å². The zero-order valence-corrected chi connectivity index (χ0v) is 17.7. The molecule has 0 bridgehead atoms. The fourth-order valence-electron chi connectivity index (χ4n) is 3.77. The molecule has 4 rings (SSSR count). The van der Waals surface area contributed by atoms with Crippen LogP contribution in [0.15, 0.2) is 39.0 Å². The third-order valence-electron chi connectivity index (χ3n) is 5.65. The topological polar surface area (TPSA) is 97.7 Å². The lowest BCUT2D eigenvalue weighted by Gasteiger charge is -2.29. The smallest absolute Gasteiger partial charge is 0.332 e. The zero-order chi connectivity index (χ0) is 21.6. The molecule has 2 aromatic heterocycles. The molecule has 1 N–H and O–H groups in total. The van der Waals surface area contributed by atoms with Crippen molar-refractivity contribution in [2.24, 2.45) is 12.1 Å². The Balaban J connectivity index is 1.93. The molecule has 0 radical (unpaired) electrons. The van der Waals surface area contributed by atoms with Gasteiger partial charge >= 0.3 is 5.69 Å². The molecule has 0 fully saturated rings. The van der Waals surface area contributed by atoms with Crippen molar-refractivity contribution in [3.8, 4) is 0 Å². The van der Waals surface area contributed by atoms with E-state index in [0.29, 0.717) is 30.1 Å². The summed E-state index contributed by atoms with van der Waals surface area (Å²) in [6.07, 6.45) is 0.519. The Morgan fingerprint density at radius 2 is 1.83 bits per heavy atom. The van der Waals surface area contributed by atoms with Crippen LogP contribution in [-0.4, -0.2) is 42.7 Å². The van der Waals surface area contributed by atoms with E-state index in [2.05, 4.69) is 10.1 Å². The van der Waals surface area contributed by atoms with Crippen molar-refractivity contribution in [2.75, 3.05) is 18.2 Å². The zero-order valence-electron chi connectivity index (χ0n) is 17.7. The van der Waals surface area contributed by atoms with Gasteiger partial charge in [-0.25, -0.2) is 9.80 Å². The van der Waals surface area contributed by atoms with Gasteiger partial charge in [-0.3, -0.25) is 18.5 Å². The maximum absolute atomic E-state index is 13.5. The summed E-state index contributed by atoms with van der Waals surface area (Å²) in [7, 11) is 1.63. The third-order valence-corrected chi connectivity index (χ3v) is 5.65. The number of aryl methyl sites for hydroxylation is 2. The van der Waals surface area contributed by atoms with Crippen LogP contribution in [-0.2, 0) is 13.6 Å². The summed E-state index contributed by atoms with van der Waals surface area (Å²) < 4.78 is 4.53. The fourth-order valence-corrected chi connectivity index (χ4v) is 3.77. The lowest BCUT2D eigenvalue weighted by molar-refractivity contribution is 0.289. The quantitative estimate of drug-likeness (QED) is 0.686. The number of benzene rings is 1. The van der Waals surface area contributed by atoms with Gasteiger partial charge in [-0.1, -0.05) is 29.8 Å². The first-order chi connectivity index (χ1) is 14.3. The minimum absolute atomic E-state index is 0.0304. The van der Waals surface area contributed by atoms with Crippen LogP contribution in [0.4, 0.5) is 5.95 Å². The summed E-state index contributed by atoms with van der Waals surface area (Å²) in [5.74, 6) is 0.511. The lowest BCUT2D eigenvalue weighted by Crippen LogP contribution is -2.40. The van der Waals surface area contributed by atoms with E-state index < -0.39 is 5.69 Å². The molecule has 0 unspecified atom stereocenters. The second kappa shape index (κ2) is 7.56. The van der Waals surface area contributed by atoms with Crippen LogP contribution in [0, 0.1) is 6.92 Å². The molecule has 158 valence electrons. The van der Waals surface area contributed by atoms with E-state index in [0.717, 1.165) is 16.8 Å². The number of hydrogen-bond donors (Lipinski definition) is 1. The highest BCUT2D eigenvalue weighted by Gasteiger charge is 2.30. The van der Waals surface area contributed by atoms with Gasteiger partial charge in [-0.2, -0.15) is 10.1 Å². The standard InChI is InChI=1S/C21H26N6O3/c1-13-6-8-16(9-7-13)12-25-19(29)17-18(24(4)21(25)30)22-20-26(10-5-11-28)23-14(2)15(3)27(17)20/h6-9,15,28H,5,10-12H2,1-4H3/t15-/m1/s1. The number of nitrogens with zero attached hydrogens (tertiary/aromatic N) is 6. The van der Waals surface area contributed by atoms with E-state index in [1.807, 2.05) is 49.6 Å². The normalized spacial score (nSPS) is 16.1. The van der Waals surface area contributed by atoms with Crippen LogP contribution < -0.4 is 16.3 Å². The molecule has 0 saturated heterocycles. The molecule has 1 aliphatic heterocycles. The maximum Gasteiger partial charge on any atom is 0.332 e. The molecule has 3 heterocycles. The third kappa shape index (κ3) is 3.15. The van der Waals surface area contributed by atoms with E-state index in [1.54, 1.807) is 12.1 Å². The van der Waals surface area contributed by atoms with Gasteiger partial charge in [0.1, 0.15) is 0 Å². The van der Waals surface area contributed by atoms with Crippen molar-refractivity contribution in [2.45, 2.75) is 39.8 Å². The first kappa shape index (κ1) is 20.1.